The molecule has 27 heavy (non-hydrogen) atoms. The summed E-state index contributed by atoms with van der Waals surface area (Å²) in [5.41, 5.74) is 0.724. The lowest BCUT2D eigenvalue weighted by molar-refractivity contribution is -0.0672. The summed E-state index contributed by atoms with van der Waals surface area (Å²) in [5.74, 6) is 1.51. The molecule has 1 heterocycles. The van der Waals surface area contributed by atoms with E-state index in [0.29, 0.717) is 6.54 Å². The van der Waals surface area contributed by atoms with Gasteiger partial charge in [-0.3, -0.25) is 4.90 Å². The number of hydrogen-bond acceptors (Lipinski definition) is 4. The zero-order valence-electron chi connectivity index (χ0n) is 15.9. The second-order valence-corrected chi connectivity index (χ2v) is 6.84. The van der Waals surface area contributed by atoms with Crippen molar-refractivity contribution < 1.29 is 14.3 Å². The summed E-state index contributed by atoms with van der Waals surface area (Å²) >= 11 is 0. The van der Waals surface area contributed by atoms with Crippen LogP contribution in [-0.4, -0.2) is 49.3 Å². The number of anilines is 1. The van der Waals surface area contributed by atoms with E-state index in [1.54, 1.807) is 0 Å². The Hall–Kier alpha value is -2.57. The maximum atomic E-state index is 12.1. The van der Waals surface area contributed by atoms with Crippen molar-refractivity contribution >= 4 is 11.7 Å². The van der Waals surface area contributed by atoms with Crippen LogP contribution in [0, 0.1) is 0 Å². The summed E-state index contributed by atoms with van der Waals surface area (Å²) in [6.45, 7) is 7.37. The first-order valence-corrected chi connectivity index (χ1v) is 9.34. The molecule has 3 rings (SSSR count). The van der Waals surface area contributed by atoms with Gasteiger partial charge in [0, 0.05) is 31.9 Å². The fraction of sp³-hybridized carbons (Fsp3) is 0.381. The number of urea groups is 1. The maximum Gasteiger partial charge on any atom is 0.319 e. The van der Waals surface area contributed by atoms with Gasteiger partial charge in [0.05, 0.1) is 12.2 Å². The number of carbonyl (C=O) groups is 1. The van der Waals surface area contributed by atoms with Gasteiger partial charge < -0.3 is 20.1 Å². The first-order valence-electron chi connectivity index (χ1n) is 9.34. The Morgan fingerprint density at radius 3 is 2.33 bits per heavy atom. The highest BCUT2D eigenvalue weighted by molar-refractivity contribution is 5.89. The lowest BCUT2D eigenvalue weighted by Crippen LogP contribution is -2.48. The molecular weight excluding hydrogens is 342 g/mol. The molecule has 1 saturated heterocycles. The number of rotatable bonds is 6. The van der Waals surface area contributed by atoms with Crippen molar-refractivity contribution in [2.45, 2.75) is 26.1 Å². The van der Waals surface area contributed by atoms with Crippen molar-refractivity contribution in [3.05, 3.63) is 54.6 Å². The number of benzene rings is 2. The van der Waals surface area contributed by atoms with E-state index in [4.69, 9.17) is 9.47 Å². The maximum absolute atomic E-state index is 12.1. The number of nitrogens with one attached hydrogen (secondary N) is 2. The van der Waals surface area contributed by atoms with E-state index in [9.17, 15) is 4.79 Å². The number of nitrogens with zero attached hydrogens (tertiary/aromatic N) is 1. The molecule has 6 heteroatoms. The highest BCUT2D eigenvalue weighted by Gasteiger charge is 2.21. The molecule has 2 aromatic carbocycles. The van der Waals surface area contributed by atoms with Gasteiger partial charge in [-0.25, -0.2) is 4.79 Å². The van der Waals surface area contributed by atoms with Crippen molar-refractivity contribution in [1.29, 1.82) is 0 Å². The molecule has 0 spiro atoms. The van der Waals surface area contributed by atoms with E-state index in [-0.39, 0.29) is 18.2 Å². The summed E-state index contributed by atoms with van der Waals surface area (Å²) in [5, 5.41) is 5.74. The van der Waals surface area contributed by atoms with E-state index in [2.05, 4.69) is 29.4 Å². The van der Waals surface area contributed by atoms with E-state index in [1.165, 1.54) is 0 Å². The zero-order valence-corrected chi connectivity index (χ0v) is 15.9. The van der Waals surface area contributed by atoms with Crippen molar-refractivity contribution in [3.8, 4) is 11.5 Å². The van der Waals surface area contributed by atoms with Gasteiger partial charge in [-0.15, -0.1) is 0 Å². The van der Waals surface area contributed by atoms with Gasteiger partial charge in [0.25, 0.3) is 0 Å². The normalized spacial score (nSPS) is 20.1. The number of carbonyl (C=O) groups excluding carboxylic acids is 1. The molecule has 2 atom stereocenters. The molecule has 1 aliphatic rings. The number of hydrogen-bond donors (Lipinski definition) is 2. The highest BCUT2D eigenvalue weighted by Crippen LogP contribution is 2.22. The minimum atomic E-state index is -0.207. The molecule has 1 aliphatic heterocycles. The number of ether oxygens (including phenoxy) is 2. The SMILES string of the molecule is CC1CN(CCNC(=O)Nc2ccc(Oc3ccccc3)cc2)CC(C)O1. The van der Waals surface area contributed by atoms with E-state index < -0.39 is 0 Å². The van der Waals surface area contributed by atoms with Crippen molar-refractivity contribution in [2.75, 3.05) is 31.5 Å². The van der Waals surface area contributed by atoms with Crippen LogP contribution in [0.3, 0.4) is 0 Å². The van der Waals surface area contributed by atoms with Crippen molar-refractivity contribution in [1.82, 2.24) is 10.2 Å². The topological polar surface area (TPSA) is 62.8 Å². The molecule has 2 amide bonds. The quantitative estimate of drug-likeness (QED) is 0.815. The summed E-state index contributed by atoms with van der Waals surface area (Å²) < 4.78 is 11.5. The van der Waals surface area contributed by atoms with Crippen LogP contribution < -0.4 is 15.4 Å². The Labute approximate surface area is 160 Å². The zero-order chi connectivity index (χ0) is 19.1. The minimum Gasteiger partial charge on any atom is -0.457 e. The predicted molar refractivity (Wildman–Crippen MR) is 106 cm³/mol. The third kappa shape index (κ3) is 6.27. The fourth-order valence-corrected chi connectivity index (χ4v) is 3.20. The molecule has 2 aromatic rings. The lowest BCUT2D eigenvalue weighted by Gasteiger charge is -2.35. The van der Waals surface area contributed by atoms with E-state index >= 15 is 0 Å². The number of amides is 2. The fourth-order valence-electron chi connectivity index (χ4n) is 3.20. The monoisotopic (exact) mass is 369 g/mol. The molecule has 0 bridgehead atoms. The first-order chi connectivity index (χ1) is 13.1. The number of morpholine rings is 1. The van der Waals surface area contributed by atoms with Crippen LogP contribution in [0.15, 0.2) is 54.6 Å². The summed E-state index contributed by atoms with van der Waals surface area (Å²) in [7, 11) is 0. The van der Waals surface area contributed by atoms with Gasteiger partial charge in [-0.05, 0) is 50.2 Å². The first kappa shape index (κ1) is 19.2. The number of para-hydroxylation sites is 1. The summed E-state index contributed by atoms with van der Waals surface area (Å²) in [6.07, 6.45) is 0.471. The lowest BCUT2D eigenvalue weighted by atomic mass is 10.2. The van der Waals surface area contributed by atoms with Crippen LogP contribution in [0.2, 0.25) is 0 Å². The Morgan fingerprint density at radius 2 is 1.67 bits per heavy atom. The smallest absolute Gasteiger partial charge is 0.319 e. The van der Waals surface area contributed by atoms with Crippen LogP contribution in [-0.2, 0) is 4.74 Å². The van der Waals surface area contributed by atoms with Gasteiger partial charge in [0.2, 0.25) is 0 Å². The van der Waals surface area contributed by atoms with Gasteiger partial charge in [0.15, 0.2) is 0 Å². The second kappa shape index (κ2) is 9.39. The largest absolute Gasteiger partial charge is 0.457 e. The second-order valence-electron chi connectivity index (χ2n) is 6.84. The molecule has 0 radical (unpaired) electrons. The predicted octanol–water partition coefficient (Wildman–Crippen LogP) is 3.71. The third-order valence-electron chi connectivity index (χ3n) is 4.30. The molecule has 2 unspecified atom stereocenters. The average molecular weight is 369 g/mol. The molecule has 144 valence electrons. The van der Waals surface area contributed by atoms with Crippen LogP contribution in [0.5, 0.6) is 11.5 Å². The van der Waals surface area contributed by atoms with Gasteiger partial charge >= 0.3 is 6.03 Å². The van der Waals surface area contributed by atoms with Crippen LogP contribution in [0.25, 0.3) is 0 Å². The van der Waals surface area contributed by atoms with Crippen LogP contribution >= 0.6 is 0 Å². The van der Waals surface area contributed by atoms with Crippen molar-refractivity contribution in [3.63, 3.8) is 0 Å². The Balaban J connectivity index is 1.40. The molecule has 0 aromatic heterocycles. The highest BCUT2D eigenvalue weighted by atomic mass is 16.5. The van der Waals surface area contributed by atoms with Crippen molar-refractivity contribution in [2.24, 2.45) is 0 Å². The van der Waals surface area contributed by atoms with Crippen LogP contribution in [0.4, 0.5) is 10.5 Å². The molecular formula is C21H27N3O3. The molecule has 1 fully saturated rings. The van der Waals surface area contributed by atoms with Crippen LogP contribution in [0.1, 0.15) is 13.8 Å². The average Bonchev–Trinajstić information content (AvgIpc) is 2.63. The molecule has 0 saturated carbocycles. The van der Waals surface area contributed by atoms with Gasteiger partial charge in [0.1, 0.15) is 11.5 Å². The van der Waals surface area contributed by atoms with Gasteiger partial charge in [-0.2, -0.15) is 0 Å². The third-order valence-corrected chi connectivity index (χ3v) is 4.30. The molecule has 2 N–H and O–H groups in total. The summed E-state index contributed by atoms with van der Waals surface area (Å²) in [4.78, 5) is 14.4. The Morgan fingerprint density at radius 1 is 1.04 bits per heavy atom. The minimum absolute atomic E-state index is 0.207. The molecule has 0 aliphatic carbocycles. The molecule has 6 nitrogen and oxygen atoms in total. The standard InChI is InChI=1S/C21H27N3O3/c1-16-14-24(15-17(2)26-16)13-12-22-21(25)23-18-8-10-20(11-9-18)27-19-6-4-3-5-7-19/h3-11,16-17H,12-15H2,1-2H3,(H2,22,23,25). The van der Waals surface area contributed by atoms with Gasteiger partial charge in [-0.1, -0.05) is 18.2 Å². The Kier molecular flexibility index (Phi) is 6.68. The van der Waals surface area contributed by atoms with E-state index in [1.807, 2.05) is 54.6 Å². The summed E-state index contributed by atoms with van der Waals surface area (Å²) in [6, 6.07) is 16.7. The van der Waals surface area contributed by atoms with E-state index in [0.717, 1.165) is 36.8 Å². The Bertz CT molecular complexity index is 711.